The Morgan fingerprint density at radius 1 is 1.00 bits per heavy atom. The third-order valence-corrected chi connectivity index (χ3v) is 9.66. The van der Waals surface area contributed by atoms with Gasteiger partial charge in [0.1, 0.15) is 10.7 Å². The third kappa shape index (κ3) is 4.07. The van der Waals surface area contributed by atoms with E-state index in [-0.39, 0.29) is 19.0 Å². The molecular formula is C22H25N3O3S3. The lowest BCUT2D eigenvalue weighted by Crippen LogP contribution is -2.50. The van der Waals surface area contributed by atoms with Crippen LogP contribution in [-0.4, -0.2) is 54.7 Å². The zero-order chi connectivity index (χ0) is 22.3. The van der Waals surface area contributed by atoms with E-state index >= 15 is 0 Å². The Balaban J connectivity index is 1.49. The van der Waals surface area contributed by atoms with E-state index < -0.39 is 10.0 Å². The number of hydrogen-bond donors (Lipinski definition) is 0. The number of aryl methyl sites for hydroxylation is 2. The summed E-state index contributed by atoms with van der Waals surface area (Å²) >= 11 is 3.04. The average Bonchev–Trinajstić information content (AvgIpc) is 3.44. The van der Waals surface area contributed by atoms with Gasteiger partial charge in [0.05, 0.1) is 4.90 Å². The van der Waals surface area contributed by atoms with E-state index in [1.165, 1.54) is 15.6 Å². The number of benzene rings is 1. The van der Waals surface area contributed by atoms with Crippen molar-refractivity contribution in [1.29, 1.82) is 0 Å². The van der Waals surface area contributed by atoms with Crippen LogP contribution in [0, 0.1) is 27.7 Å². The second-order valence-corrected chi connectivity index (χ2v) is 11.3. The van der Waals surface area contributed by atoms with E-state index in [4.69, 9.17) is 0 Å². The molecule has 3 heterocycles. The van der Waals surface area contributed by atoms with Crippen LogP contribution in [0.2, 0.25) is 0 Å². The van der Waals surface area contributed by atoms with E-state index in [0.29, 0.717) is 23.7 Å². The van der Waals surface area contributed by atoms with Crippen LogP contribution in [0.1, 0.15) is 32.7 Å². The Kier molecular flexibility index (Phi) is 6.04. The molecule has 0 spiro atoms. The second-order valence-electron chi connectivity index (χ2n) is 7.84. The quantitative estimate of drug-likeness (QED) is 0.566. The summed E-state index contributed by atoms with van der Waals surface area (Å²) in [6.07, 6.45) is 0. The highest BCUT2D eigenvalue weighted by Gasteiger charge is 2.33. The molecule has 3 aromatic rings. The molecule has 1 saturated heterocycles. The highest BCUT2D eigenvalue weighted by Crippen LogP contribution is 2.30. The van der Waals surface area contributed by atoms with Crippen molar-refractivity contribution < 1.29 is 13.2 Å². The molecule has 1 fully saturated rings. The van der Waals surface area contributed by atoms with Crippen molar-refractivity contribution in [3.8, 4) is 10.6 Å². The van der Waals surface area contributed by atoms with Crippen LogP contribution >= 0.6 is 22.7 Å². The maximum Gasteiger partial charge on any atom is 0.273 e. The summed E-state index contributed by atoms with van der Waals surface area (Å²) < 4.78 is 28.4. The van der Waals surface area contributed by atoms with Gasteiger partial charge in [-0.05, 0) is 61.4 Å². The lowest BCUT2D eigenvalue weighted by molar-refractivity contribution is 0.0693. The molecule has 1 aliphatic rings. The number of nitrogens with zero attached hydrogens (tertiary/aromatic N) is 3. The van der Waals surface area contributed by atoms with E-state index in [1.54, 1.807) is 21.6 Å². The highest BCUT2D eigenvalue weighted by molar-refractivity contribution is 7.89. The van der Waals surface area contributed by atoms with Crippen LogP contribution in [0.4, 0.5) is 0 Å². The van der Waals surface area contributed by atoms with Crippen molar-refractivity contribution in [2.24, 2.45) is 0 Å². The standard InChI is InChI=1S/C22H25N3O3S3/c1-14-11-15(2)17(4)20(16(14)3)31(27,28)25-8-6-24(7-9-25)22(26)19-13-30-21(23-19)18-5-10-29-12-18/h5,10-13H,6-9H2,1-4H3. The summed E-state index contributed by atoms with van der Waals surface area (Å²) in [6, 6.07) is 4.01. The average molecular weight is 476 g/mol. The molecule has 1 aromatic carbocycles. The molecule has 9 heteroatoms. The van der Waals surface area contributed by atoms with Crippen LogP contribution < -0.4 is 0 Å². The Morgan fingerprint density at radius 3 is 2.23 bits per heavy atom. The predicted octanol–water partition coefficient (Wildman–Crippen LogP) is 4.25. The summed E-state index contributed by atoms with van der Waals surface area (Å²) in [6.45, 7) is 8.87. The van der Waals surface area contributed by atoms with Gasteiger partial charge in [0, 0.05) is 42.5 Å². The summed E-state index contributed by atoms with van der Waals surface area (Å²) in [5, 5.41) is 6.59. The first-order valence-corrected chi connectivity index (χ1v) is 13.3. The fourth-order valence-electron chi connectivity index (χ4n) is 3.88. The Bertz CT molecular complexity index is 1200. The van der Waals surface area contributed by atoms with Crippen LogP contribution in [0.15, 0.2) is 33.2 Å². The maximum atomic E-state index is 13.4. The van der Waals surface area contributed by atoms with Gasteiger partial charge >= 0.3 is 0 Å². The van der Waals surface area contributed by atoms with Gasteiger partial charge in [-0.25, -0.2) is 13.4 Å². The molecule has 4 rings (SSSR count). The fourth-order valence-corrected chi connectivity index (χ4v) is 7.39. The number of amides is 1. The van der Waals surface area contributed by atoms with E-state index in [0.717, 1.165) is 32.8 Å². The topological polar surface area (TPSA) is 70.6 Å². The summed E-state index contributed by atoms with van der Waals surface area (Å²) in [5.74, 6) is -0.145. The van der Waals surface area contributed by atoms with Gasteiger partial charge < -0.3 is 4.90 Å². The fraction of sp³-hybridized carbons (Fsp3) is 0.364. The first kappa shape index (κ1) is 22.1. The first-order chi connectivity index (χ1) is 14.7. The highest BCUT2D eigenvalue weighted by atomic mass is 32.2. The summed E-state index contributed by atoms with van der Waals surface area (Å²) in [4.78, 5) is 19.5. The van der Waals surface area contributed by atoms with Crippen molar-refractivity contribution in [2.75, 3.05) is 26.2 Å². The lowest BCUT2D eigenvalue weighted by atomic mass is 10.0. The predicted molar refractivity (Wildman–Crippen MR) is 125 cm³/mol. The van der Waals surface area contributed by atoms with Gasteiger partial charge in [-0.15, -0.1) is 11.3 Å². The SMILES string of the molecule is Cc1cc(C)c(C)c(S(=O)(=O)N2CCN(C(=O)c3csc(-c4ccsc4)n3)CC2)c1C. The molecule has 0 unspecified atom stereocenters. The van der Waals surface area contributed by atoms with Gasteiger partial charge in [0.15, 0.2) is 0 Å². The van der Waals surface area contributed by atoms with Crippen LogP contribution in [0.3, 0.4) is 0 Å². The van der Waals surface area contributed by atoms with Gasteiger partial charge in [0.2, 0.25) is 10.0 Å². The molecule has 0 N–H and O–H groups in total. The normalized spacial score (nSPS) is 15.4. The molecule has 0 radical (unpaired) electrons. The van der Waals surface area contributed by atoms with Gasteiger partial charge in [-0.1, -0.05) is 6.07 Å². The number of carbonyl (C=O) groups excluding carboxylic acids is 1. The van der Waals surface area contributed by atoms with Crippen LogP contribution in [0.5, 0.6) is 0 Å². The smallest absolute Gasteiger partial charge is 0.273 e. The molecule has 0 atom stereocenters. The third-order valence-electron chi connectivity index (χ3n) is 5.91. The minimum atomic E-state index is -3.62. The number of thiazole rings is 1. The van der Waals surface area contributed by atoms with Crippen molar-refractivity contribution in [3.63, 3.8) is 0 Å². The van der Waals surface area contributed by atoms with E-state index in [9.17, 15) is 13.2 Å². The van der Waals surface area contributed by atoms with Gasteiger partial charge in [0.25, 0.3) is 5.91 Å². The number of sulfonamides is 1. The minimum absolute atomic E-state index is 0.145. The van der Waals surface area contributed by atoms with Gasteiger partial charge in [-0.2, -0.15) is 15.6 Å². The number of thiophene rings is 1. The summed E-state index contributed by atoms with van der Waals surface area (Å²) in [5.41, 5.74) is 4.98. The number of piperazine rings is 1. The molecule has 0 saturated carbocycles. The number of hydrogen-bond acceptors (Lipinski definition) is 6. The van der Waals surface area contributed by atoms with E-state index in [1.807, 2.05) is 50.6 Å². The molecule has 0 aliphatic carbocycles. The van der Waals surface area contributed by atoms with Crippen LogP contribution in [0.25, 0.3) is 10.6 Å². The number of aromatic nitrogens is 1. The second kappa shape index (κ2) is 8.46. The lowest BCUT2D eigenvalue weighted by Gasteiger charge is -2.34. The molecule has 2 aromatic heterocycles. The maximum absolute atomic E-state index is 13.4. The van der Waals surface area contributed by atoms with Crippen molar-refractivity contribution in [2.45, 2.75) is 32.6 Å². The molecular weight excluding hydrogens is 450 g/mol. The molecule has 0 bridgehead atoms. The minimum Gasteiger partial charge on any atom is -0.335 e. The molecule has 164 valence electrons. The van der Waals surface area contributed by atoms with Crippen molar-refractivity contribution >= 4 is 38.6 Å². The zero-order valence-corrected chi connectivity index (χ0v) is 20.5. The molecule has 6 nitrogen and oxygen atoms in total. The molecule has 1 amide bonds. The Morgan fingerprint density at radius 2 is 1.65 bits per heavy atom. The number of rotatable bonds is 4. The molecule has 31 heavy (non-hydrogen) atoms. The van der Waals surface area contributed by atoms with Crippen LogP contribution in [-0.2, 0) is 10.0 Å². The molecule has 1 aliphatic heterocycles. The Hall–Kier alpha value is -2.07. The van der Waals surface area contributed by atoms with Crippen molar-refractivity contribution in [3.05, 3.63) is 56.2 Å². The summed E-state index contributed by atoms with van der Waals surface area (Å²) in [7, 11) is -3.62. The number of carbonyl (C=O) groups is 1. The largest absolute Gasteiger partial charge is 0.335 e. The zero-order valence-electron chi connectivity index (χ0n) is 18.0. The van der Waals surface area contributed by atoms with E-state index in [2.05, 4.69) is 4.98 Å². The monoisotopic (exact) mass is 475 g/mol. The first-order valence-electron chi connectivity index (χ1n) is 10.0. The Labute approximate surface area is 191 Å². The van der Waals surface area contributed by atoms with Crippen molar-refractivity contribution in [1.82, 2.24) is 14.2 Å². The van der Waals surface area contributed by atoms with Gasteiger partial charge in [-0.3, -0.25) is 4.79 Å².